The van der Waals surface area contributed by atoms with Crippen molar-refractivity contribution < 1.29 is 25.2 Å². The molecule has 4 N–H and O–H groups in total. The average molecular weight is 179 g/mol. The Morgan fingerprint density at radius 1 is 1.33 bits per heavy atom. The van der Waals surface area contributed by atoms with Crippen LogP contribution in [0.2, 0.25) is 0 Å². The molecule has 5 nitrogen and oxygen atoms in total. The third-order valence-corrected chi connectivity index (χ3v) is 1.30. The maximum Gasteiger partial charge on any atom is 0.115 e. The number of aliphatic hydroxyl groups excluding tert-OH is 4. The van der Waals surface area contributed by atoms with Crippen LogP contribution in [-0.4, -0.2) is 52.0 Å². The molecule has 1 heterocycles. The number of hydrogen-bond donors (Lipinski definition) is 4. The van der Waals surface area contributed by atoms with Crippen molar-refractivity contribution in [2.24, 2.45) is 0 Å². The van der Waals surface area contributed by atoms with E-state index >= 15 is 0 Å². The molecule has 0 aromatic heterocycles. The van der Waals surface area contributed by atoms with Gasteiger partial charge in [-0.3, -0.25) is 0 Å². The van der Waals surface area contributed by atoms with Crippen molar-refractivity contribution in [1.29, 1.82) is 0 Å². The van der Waals surface area contributed by atoms with Crippen molar-refractivity contribution in [1.82, 2.24) is 0 Å². The molecule has 0 amide bonds. The molecular weight excluding hydrogens is 164 g/mol. The van der Waals surface area contributed by atoms with E-state index < -0.39 is 18.3 Å². The first kappa shape index (κ1) is 11.8. The van der Waals surface area contributed by atoms with E-state index in [1.165, 1.54) is 0 Å². The largest absolute Gasteiger partial charge is 0.397 e. The molecule has 3 atom stereocenters. The summed E-state index contributed by atoms with van der Waals surface area (Å²) >= 11 is 0. The number of hydrogen-bond acceptors (Lipinski definition) is 5. The van der Waals surface area contributed by atoms with E-state index in [1.54, 1.807) is 6.92 Å². The molecular formula is C7H15O5. The second kappa shape index (κ2) is 6.33. The zero-order valence-electron chi connectivity index (χ0n) is 6.92. The highest BCUT2D eigenvalue weighted by atomic mass is 16.5. The Hall–Kier alpha value is -0.200. The fraction of sp³-hybridized carbons (Fsp3) is 0.857. The van der Waals surface area contributed by atoms with Gasteiger partial charge in [-0.2, -0.15) is 0 Å². The van der Waals surface area contributed by atoms with Gasteiger partial charge < -0.3 is 25.2 Å². The summed E-state index contributed by atoms with van der Waals surface area (Å²) in [6.45, 7) is 2.78. The summed E-state index contributed by atoms with van der Waals surface area (Å²) in [6.07, 6.45) is -2.59. The standard InChI is InChI=1S/C5H9O4.C2H6O/c6-1-4-5(8)3(7)2-9-4;1-2-3/h2-8H,1H2;3H,2H2,1H3/t3-,4+,5-;/m0./s1. The van der Waals surface area contributed by atoms with Crippen LogP contribution in [0.1, 0.15) is 6.92 Å². The minimum atomic E-state index is -0.977. The molecule has 0 aromatic rings. The first-order valence-corrected chi connectivity index (χ1v) is 3.74. The lowest BCUT2D eigenvalue weighted by Crippen LogP contribution is -2.31. The van der Waals surface area contributed by atoms with Crippen LogP contribution in [0, 0.1) is 6.61 Å². The first-order valence-electron chi connectivity index (χ1n) is 3.74. The van der Waals surface area contributed by atoms with Gasteiger partial charge >= 0.3 is 0 Å². The highest BCUT2D eigenvalue weighted by Crippen LogP contribution is 2.16. The van der Waals surface area contributed by atoms with Crippen LogP contribution in [0.25, 0.3) is 0 Å². The number of ether oxygens (including phenoxy) is 1. The van der Waals surface area contributed by atoms with E-state index in [0.29, 0.717) is 0 Å². The van der Waals surface area contributed by atoms with Gasteiger partial charge in [0.2, 0.25) is 0 Å². The Kier molecular flexibility index (Phi) is 6.23. The van der Waals surface area contributed by atoms with E-state index in [4.69, 9.17) is 20.4 Å². The van der Waals surface area contributed by atoms with E-state index in [9.17, 15) is 0 Å². The average Bonchev–Trinajstić information content (AvgIpc) is 2.35. The normalized spacial score (nSPS) is 34.2. The fourth-order valence-corrected chi connectivity index (χ4v) is 0.713. The molecule has 1 aliphatic heterocycles. The lowest BCUT2D eigenvalue weighted by molar-refractivity contribution is -0.00317. The molecule has 1 fully saturated rings. The van der Waals surface area contributed by atoms with Crippen LogP contribution in [0.5, 0.6) is 0 Å². The van der Waals surface area contributed by atoms with Crippen molar-refractivity contribution in [3.63, 3.8) is 0 Å². The van der Waals surface area contributed by atoms with Crippen LogP contribution in [0.3, 0.4) is 0 Å². The Labute approximate surface area is 71.2 Å². The molecule has 12 heavy (non-hydrogen) atoms. The predicted molar refractivity (Wildman–Crippen MR) is 41.0 cm³/mol. The molecule has 0 spiro atoms. The molecule has 1 saturated heterocycles. The first-order chi connectivity index (χ1) is 5.67. The molecule has 73 valence electrons. The van der Waals surface area contributed by atoms with Gasteiger partial charge in [-0.25, -0.2) is 0 Å². The van der Waals surface area contributed by atoms with Crippen LogP contribution < -0.4 is 0 Å². The summed E-state index contributed by atoms with van der Waals surface area (Å²) in [4.78, 5) is 0. The summed E-state index contributed by atoms with van der Waals surface area (Å²) in [5.41, 5.74) is 0. The van der Waals surface area contributed by atoms with Crippen LogP contribution in [0.15, 0.2) is 0 Å². The van der Waals surface area contributed by atoms with E-state index in [2.05, 4.69) is 4.74 Å². The lowest BCUT2D eigenvalue weighted by Gasteiger charge is -2.10. The van der Waals surface area contributed by atoms with Gasteiger partial charge in [-0.15, -0.1) is 0 Å². The van der Waals surface area contributed by atoms with Crippen molar-refractivity contribution in [2.45, 2.75) is 25.2 Å². The fourth-order valence-electron chi connectivity index (χ4n) is 0.713. The van der Waals surface area contributed by atoms with Crippen molar-refractivity contribution in [2.75, 3.05) is 13.2 Å². The summed E-state index contributed by atoms with van der Waals surface area (Å²) < 4.78 is 4.65. The minimum absolute atomic E-state index is 0.250. The van der Waals surface area contributed by atoms with Crippen molar-refractivity contribution in [3.8, 4) is 0 Å². The Balaban J connectivity index is 0.000000354. The lowest BCUT2D eigenvalue weighted by atomic mass is 10.2. The molecule has 0 unspecified atom stereocenters. The third kappa shape index (κ3) is 3.46. The molecule has 5 heteroatoms. The zero-order valence-corrected chi connectivity index (χ0v) is 6.92. The third-order valence-electron chi connectivity index (χ3n) is 1.30. The van der Waals surface area contributed by atoms with Gasteiger partial charge in [-0.1, -0.05) is 0 Å². The van der Waals surface area contributed by atoms with Gasteiger partial charge in [0.15, 0.2) is 0 Å². The zero-order chi connectivity index (χ0) is 9.56. The summed E-state index contributed by atoms with van der Waals surface area (Å²) in [5, 5.41) is 33.7. The monoisotopic (exact) mass is 179 g/mol. The van der Waals surface area contributed by atoms with E-state index in [1.807, 2.05) is 0 Å². The summed E-state index contributed by atoms with van der Waals surface area (Å²) in [6, 6.07) is 0. The van der Waals surface area contributed by atoms with Crippen LogP contribution >= 0.6 is 0 Å². The van der Waals surface area contributed by atoms with Crippen LogP contribution in [-0.2, 0) is 4.74 Å². The number of rotatable bonds is 1. The quantitative estimate of drug-likeness (QED) is 0.383. The topological polar surface area (TPSA) is 90.2 Å². The molecule has 0 bridgehead atoms. The Morgan fingerprint density at radius 2 is 1.83 bits per heavy atom. The molecule has 0 aromatic carbocycles. The van der Waals surface area contributed by atoms with Gasteiger partial charge in [0.1, 0.15) is 24.9 Å². The second-order valence-electron chi connectivity index (χ2n) is 2.29. The predicted octanol–water partition coefficient (Wildman–Crippen LogP) is -1.74. The molecule has 0 aliphatic carbocycles. The maximum absolute atomic E-state index is 8.89. The summed E-state index contributed by atoms with van der Waals surface area (Å²) in [5.74, 6) is 0. The van der Waals surface area contributed by atoms with E-state index in [0.717, 1.165) is 6.61 Å². The Morgan fingerprint density at radius 3 is 2.00 bits per heavy atom. The molecule has 1 aliphatic rings. The molecule has 1 rings (SSSR count). The second-order valence-corrected chi connectivity index (χ2v) is 2.29. The van der Waals surface area contributed by atoms with Gasteiger partial charge in [0.25, 0.3) is 0 Å². The SMILES string of the molecule is CCO.OC[C@H]1O[CH][C@H](O)[C@@H]1O. The summed E-state index contributed by atoms with van der Waals surface area (Å²) in [7, 11) is 0. The smallest absolute Gasteiger partial charge is 0.115 e. The van der Waals surface area contributed by atoms with Gasteiger partial charge in [0.05, 0.1) is 6.61 Å². The van der Waals surface area contributed by atoms with Crippen molar-refractivity contribution >= 4 is 0 Å². The van der Waals surface area contributed by atoms with Crippen LogP contribution in [0.4, 0.5) is 0 Å². The Bertz CT molecular complexity index is 108. The highest BCUT2D eigenvalue weighted by molar-refractivity contribution is 4.89. The van der Waals surface area contributed by atoms with Gasteiger partial charge in [0, 0.05) is 6.61 Å². The van der Waals surface area contributed by atoms with Gasteiger partial charge in [-0.05, 0) is 6.92 Å². The molecule has 1 radical (unpaired) electrons. The minimum Gasteiger partial charge on any atom is -0.397 e. The highest BCUT2D eigenvalue weighted by Gasteiger charge is 2.34. The van der Waals surface area contributed by atoms with Crippen molar-refractivity contribution in [3.05, 3.63) is 6.61 Å². The molecule has 0 saturated carbocycles. The van der Waals surface area contributed by atoms with E-state index in [-0.39, 0.29) is 13.2 Å². The maximum atomic E-state index is 8.89. The number of aliphatic hydroxyl groups is 4.